The number of nitrogens with one attached hydrogen (secondary N) is 1. The van der Waals surface area contributed by atoms with E-state index >= 15 is 0 Å². The lowest BCUT2D eigenvalue weighted by atomic mass is 10.2. The van der Waals surface area contributed by atoms with Gasteiger partial charge < -0.3 is 10.1 Å². The molecule has 84 valence electrons. The highest BCUT2D eigenvalue weighted by atomic mass is 79.9. The molecule has 1 amide bonds. The van der Waals surface area contributed by atoms with Crippen LogP contribution in [0.5, 0.6) is 0 Å². The molecule has 4 heteroatoms. The van der Waals surface area contributed by atoms with Crippen molar-refractivity contribution in [2.75, 3.05) is 19.0 Å². The number of carbonyl (C=O) groups is 1. The van der Waals surface area contributed by atoms with Gasteiger partial charge in [0.05, 0.1) is 12.6 Å². The zero-order valence-corrected chi connectivity index (χ0v) is 10.6. The second kappa shape index (κ2) is 9.46. The van der Waals surface area contributed by atoms with Gasteiger partial charge in [-0.3, -0.25) is 4.79 Å². The molecular formula is C10H20BrNO2. The fraction of sp³-hybridized carbons (Fsp3) is 0.900. The number of amides is 1. The Hall–Kier alpha value is -0.0900. The molecule has 14 heavy (non-hydrogen) atoms. The summed E-state index contributed by atoms with van der Waals surface area (Å²) in [6.07, 6.45) is 3.87. The molecule has 0 heterocycles. The summed E-state index contributed by atoms with van der Waals surface area (Å²) in [6.45, 7) is 2.69. The largest absolute Gasteiger partial charge is 0.383 e. The van der Waals surface area contributed by atoms with E-state index in [4.69, 9.17) is 4.74 Å². The van der Waals surface area contributed by atoms with E-state index < -0.39 is 0 Å². The number of halogens is 1. The summed E-state index contributed by atoms with van der Waals surface area (Å²) in [5, 5.41) is 3.65. The number of hydrogen-bond donors (Lipinski definition) is 1. The molecule has 1 atom stereocenters. The van der Waals surface area contributed by atoms with Gasteiger partial charge in [0.1, 0.15) is 0 Å². The highest BCUT2D eigenvalue weighted by molar-refractivity contribution is 9.09. The quantitative estimate of drug-likeness (QED) is 0.539. The van der Waals surface area contributed by atoms with Gasteiger partial charge in [0.15, 0.2) is 0 Å². The maximum Gasteiger partial charge on any atom is 0.220 e. The van der Waals surface area contributed by atoms with E-state index in [2.05, 4.69) is 28.2 Å². The Morgan fingerprint density at radius 1 is 1.50 bits per heavy atom. The van der Waals surface area contributed by atoms with Gasteiger partial charge in [0.25, 0.3) is 0 Å². The van der Waals surface area contributed by atoms with Crippen molar-refractivity contribution in [3.63, 3.8) is 0 Å². The Labute approximate surface area is 94.7 Å². The number of hydrogen-bond acceptors (Lipinski definition) is 2. The van der Waals surface area contributed by atoms with Gasteiger partial charge in [-0.2, -0.15) is 0 Å². The van der Waals surface area contributed by atoms with Gasteiger partial charge in [0.2, 0.25) is 5.91 Å². The van der Waals surface area contributed by atoms with Crippen LogP contribution in [0.25, 0.3) is 0 Å². The first-order valence-corrected chi connectivity index (χ1v) is 6.21. The van der Waals surface area contributed by atoms with Crippen LogP contribution < -0.4 is 5.32 Å². The molecule has 0 aliphatic rings. The highest BCUT2D eigenvalue weighted by Crippen LogP contribution is 2.00. The average Bonchev–Trinajstić information content (AvgIpc) is 2.17. The summed E-state index contributed by atoms with van der Waals surface area (Å²) in [5.74, 6) is 0.125. The molecule has 1 N–H and O–H groups in total. The van der Waals surface area contributed by atoms with Gasteiger partial charge in [0, 0.05) is 18.9 Å². The predicted molar refractivity (Wildman–Crippen MR) is 61.7 cm³/mol. The summed E-state index contributed by atoms with van der Waals surface area (Å²) in [4.78, 5) is 11.4. The number of rotatable bonds is 8. The number of methoxy groups -OCH3 is 1. The van der Waals surface area contributed by atoms with Crippen LogP contribution in [0.2, 0.25) is 0 Å². The smallest absolute Gasteiger partial charge is 0.220 e. The predicted octanol–water partition coefficient (Wildman–Crippen LogP) is 2.09. The van der Waals surface area contributed by atoms with Crippen LogP contribution in [-0.2, 0) is 9.53 Å². The summed E-state index contributed by atoms with van der Waals surface area (Å²) in [7, 11) is 1.64. The first-order valence-electron chi connectivity index (χ1n) is 5.08. The van der Waals surface area contributed by atoms with E-state index in [-0.39, 0.29) is 11.9 Å². The molecule has 3 nitrogen and oxygen atoms in total. The Bertz CT molecular complexity index is 153. The molecule has 0 aromatic heterocycles. The van der Waals surface area contributed by atoms with Gasteiger partial charge >= 0.3 is 0 Å². The van der Waals surface area contributed by atoms with Gasteiger partial charge in [-0.15, -0.1) is 0 Å². The third kappa shape index (κ3) is 7.33. The average molecular weight is 266 g/mol. The van der Waals surface area contributed by atoms with Crippen molar-refractivity contribution in [1.82, 2.24) is 5.32 Å². The molecule has 0 saturated heterocycles. The van der Waals surface area contributed by atoms with Crippen molar-refractivity contribution >= 4 is 21.8 Å². The van der Waals surface area contributed by atoms with Crippen molar-refractivity contribution in [3.8, 4) is 0 Å². The van der Waals surface area contributed by atoms with E-state index in [1.807, 2.05) is 0 Å². The Balaban J connectivity index is 3.56. The molecule has 0 radical (unpaired) electrons. The van der Waals surface area contributed by atoms with Crippen molar-refractivity contribution in [2.45, 2.75) is 38.6 Å². The summed E-state index contributed by atoms with van der Waals surface area (Å²) < 4.78 is 4.98. The van der Waals surface area contributed by atoms with E-state index in [0.29, 0.717) is 13.0 Å². The maximum atomic E-state index is 11.4. The van der Waals surface area contributed by atoms with Crippen molar-refractivity contribution in [1.29, 1.82) is 0 Å². The molecule has 1 unspecified atom stereocenters. The minimum atomic E-state index is 0.0918. The Morgan fingerprint density at radius 3 is 2.71 bits per heavy atom. The maximum absolute atomic E-state index is 11.4. The van der Waals surface area contributed by atoms with E-state index in [1.54, 1.807) is 7.11 Å². The SMILES string of the molecule is CCCCCC(=O)NC(CBr)COC. The number of alkyl halides is 1. The van der Waals surface area contributed by atoms with E-state index in [1.165, 1.54) is 0 Å². The lowest BCUT2D eigenvalue weighted by molar-refractivity contribution is -0.122. The lowest BCUT2D eigenvalue weighted by Crippen LogP contribution is -2.39. The summed E-state index contributed by atoms with van der Waals surface area (Å²) >= 11 is 3.33. The molecule has 0 rings (SSSR count). The standard InChI is InChI=1S/C10H20BrNO2/c1-3-4-5-6-10(13)12-9(7-11)8-14-2/h9H,3-8H2,1-2H3,(H,12,13). The van der Waals surface area contributed by atoms with Crippen LogP contribution in [0.3, 0.4) is 0 Å². The fourth-order valence-electron chi connectivity index (χ4n) is 1.16. The number of unbranched alkanes of at least 4 members (excludes halogenated alkanes) is 2. The fourth-order valence-corrected chi connectivity index (χ4v) is 1.51. The Kier molecular flexibility index (Phi) is 9.40. The molecule has 0 aliphatic heterocycles. The monoisotopic (exact) mass is 265 g/mol. The van der Waals surface area contributed by atoms with Crippen molar-refractivity contribution < 1.29 is 9.53 Å². The zero-order chi connectivity index (χ0) is 10.8. The van der Waals surface area contributed by atoms with Gasteiger partial charge in [-0.25, -0.2) is 0 Å². The minimum absolute atomic E-state index is 0.0918. The third-order valence-electron chi connectivity index (χ3n) is 1.93. The number of ether oxygens (including phenoxy) is 1. The number of carbonyl (C=O) groups excluding carboxylic acids is 1. The molecular weight excluding hydrogens is 246 g/mol. The first-order chi connectivity index (χ1) is 6.74. The minimum Gasteiger partial charge on any atom is -0.383 e. The third-order valence-corrected chi connectivity index (χ3v) is 2.71. The van der Waals surface area contributed by atoms with Gasteiger partial charge in [-0.1, -0.05) is 35.7 Å². The van der Waals surface area contributed by atoms with E-state index in [9.17, 15) is 4.79 Å². The lowest BCUT2D eigenvalue weighted by Gasteiger charge is -2.14. The van der Waals surface area contributed by atoms with Crippen LogP contribution in [0, 0.1) is 0 Å². The van der Waals surface area contributed by atoms with E-state index in [0.717, 1.165) is 24.6 Å². The van der Waals surface area contributed by atoms with Crippen LogP contribution in [0.1, 0.15) is 32.6 Å². The summed E-state index contributed by atoms with van der Waals surface area (Å²) in [5.41, 5.74) is 0. The first kappa shape index (κ1) is 13.9. The summed E-state index contributed by atoms with van der Waals surface area (Å²) in [6, 6.07) is 0.0918. The van der Waals surface area contributed by atoms with Gasteiger partial charge in [-0.05, 0) is 6.42 Å². The molecule has 0 aromatic rings. The van der Waals surface area contributed by atoms with Crippen LogP contribution in [0.4, 0.5) is 0 Å². The molecule has 0 aromatic carbocycles. The molecule has 0 bridgehead atoms. The van der Waals surface area contributed by atoms with Crippen molar-refractivity contribution in [2.24, 2.45) is 0 Å². The second-order valence-corrected chi connectivity index (χ2v) is 3.98. The topological polar surface area (TPSA) is 38.3 Å². The molecule has 0 saturated carbocycles. The molecule has 0 aliphatic carbocycles. The zero-order valence-electron chi connectivity index (χ0n) is 9.01. The normalized spacial score (nSPS) is 12.5. The molecule has 0 fully saturated rings. The molecule has 0 spiro atoms. The second-order valence-electron chi connectivity index (χ2n) is 3.33. The van der Waals surface area contributed by atoms with Crippen LogP contribution in [0.15, 0.2) is 0 Å². The highest BCUT2D eigenvalue weighted by Gasteiger charge is 2.09. The Morgan fingerprint density at radius 2 is 2.21 bits per heavy atom. The van der Waals surface area contributed by atoms with Crippen LogP contribution >= 0.6 is 15.9 Å². The van der Waals surface area contributed by atoms with Crippen molar-refractivity contribution in [3.05, 3.63) is 0 Å². The van der Waals surface area contributed by atoms with Crippen LogP contribution in [-0.4, -0.2) is 31.0 Å².